The number of thioether (sulfide) groups is 1. The molecule has 0 bridgehead atoms. The fourth-order valence-electron chi connectivity index (χ4n) is 5.33. The summed E-state index contributed by atoms with van der Waals surface area (Å²) in [6.45, 7) is 4.06. The van der Waals surface area contributed by atoms with Crippen LogP contribution in [0, 0.1) is 18.8 Å². The molecule has 0 saturated carbocycles. The Morgan fingerprint density at radius 2 is 1.84 bits per heavy atom. The minimum atomic E-state index is -1.25. The Morgan fingerprint density at radius 1 is 1.09 bits per heavy atom. The number of fused-ring (bicyclic) bond motifs is 4. The fourth-order valence-corrected chi connectivity index (χ4v) is 6.40. The lowest BCUT2D eigenvalue weighted by atomic mass is 9.76. The Morgan fingerprint density at radius 3 is 2.56 bits per heavy atom. The van der Waals surface area contributed by atoms with E-state index in [0.29, 0.717) is 17.8 Å². The van der Waals surface area contributed by atoms with Gasteiger partial charge >= 0.3 is 0 Å². The third-order valence-electron chi connectivity index (χ3n) is 6.75. The molecule has 32 heavy (non-hydrogen) atoms. The number of carbonyl (C=O) groups is 3. The average molecular weight is 514 g/mol. The van der Waals surface area contributed by atoms with Gasteiger partial charge in [-0.05, 0) is 55.2 Å². The molecule has 0 aliphatic carbocycles. The number of nitrogens with one attached hydrogen (secondary N) is 2. The van der Waals surface area contributed by atoms with E-state index >= 15 is 0 Å². The van der Waals surface area contributed by atoms with E-state index in [1.807, 2.05) is 37.3 Å². The zero-order valence-corrected chi connectivity index (χ0v) is 20.3. The van der Waals surface area contributed by atoms with E-state index in [1.54, 1.807) is 23.9 Å². The second kappa shape index (κ2) is 8.01. The van der Waals surface area contributed by atoms with Crippen molar-refractivity contribution in [2.24, 2.45) is 11.8 Å². The van der Waals surface area contributed by atoms with E-state index < -0.39 is 17.4 Å². The SMILES string of the molecule is CCSCC[C@@H]1N[C@@]2(C(=O)Nc3ccc(Br)cc32)[C@@H]2C(=O)N(c3ccc(C)cc3)C(=O)[C@H]12. The molecule has 166 valence electrons. The number of nitrogens with zero attached hydrogens (tertiary/aromatic N) is 1. The first-order valence-corrected chi connectivity index (χ1v) is 12.7. The Labute approximate surface area is 199 Å². The first-order chi connectivity index (χ1) is 15.4. The van der Waals surface area contributed by atoms with Crippen LogP contribution in [0.5, 0.6) is 0 Å². The van der Waals surface area contributed by atoms with Gasteiger partial charge in [0.2, 0.25) is 17.7 Å². The Balaban J connectivity index is 1.63. The van der Waals surface area contributed by atoms with Gasteiger partial charge < -0.3 is 5.32 Å². The van der Waals surface area contributed by atoms with Crippen LogP contribution in [-0.4, -0.2) is 35.3 Å². The number of imide groups is 1. The molecule has 3 aliphatic rings. The average Bonchev–Trinajstić information content (AvgIpc) is 3.34. The minimum absolute atomic E-state index is 0.226. The number of halogens is 1. The van der Waals surface area contributed by atoms with E-state index in [-0.39, 0.29) is 23.8 Å². The van der Waals surface area contributed by atoms with Gasteiger partial charge in [-0.25, -0.2) is 4.90 Å². The van der Waals surface area contributed by atoms with Crippen LogP contribution in [0.2, 0.25) is 0 Å². The summed E-state index contributed by atoms with van der Waals surface area (Å²) in [5.41, 5.74) is 1.77. The predicted octanol–water partition coefficient (Wildman–Crippen LogP) is 3.83. The normalized spacial score (nSPS) is 28.4. The van der Waals surface area contributed by atoms with Crippen molar-refractivity contribution in [1.82, 2.24) is 5.32 Å². The van der Waals surface area contributed by atoms with Crippen molar-refractivity contribution in [2.45, 2.75) is 31.8 Å². The van der Waals surface area contributed by atoms with Gasteiger partial charge in [-0.15, -0.1) is 0 Å². The number of hydrogen-bond acceptors (Lipinski definition) is 5. The largest absolute Gasteiger partial charge is 0.324 e. The molecule has 3 amide bonds. The summed E-state index contributed by atoms with van der Waals surface area (Å²) in [4.78, 5) is 42.2. The summed E-state index contributed by atoms with van der Waals surface area (Å²) >= 11 is 5.30. The summed E-state index contributed by atoms with van der Waals surface area (Å²) in [5.74, 6) is -0.351. The quantitative estimate of drug-likeness (QED) is 0.469. The van der Waals surface area contributed by atoms with E-state index in [1.165, 1.54) is 4.90 Å². The number of rotatable bonds is 5. The fraction of sp³-hybridized carbons (Fsp3) is 0.375. The molecule has 2 fully saturated rings. The molecule has 4 atom stereocenters. The zero-order chi connectivity index (χ0) is 22.6. The molecule has 2 aromatic carbocycles. The van der Waals surface area contributed by atoms with E-state index in [0.717, 1.165) is 27.1 Å². The minimum Gasteiger partial charge on any atom is -0.324 e. The molecule has 2 aromatic rings. The van der Waals surface area contributed by atoms with Crippen LogP contribution >= 0.6 is 27.7 Å². The van der Waals surface area contributed by atoms with Crippen molar-refractivity contribution in [3.05, 3.63) is 58.1 Å². The highest BCUT2D eigenvalue weighted by Gasteiger charge is 2.70. The first kappa shape index (κ1) is 21.7. The number of aryl methyl sites for hydroxylation is 1. The summed E-state index contributed by atoms with van der Waals surface area (Å²) in [5, 5.41) is 6.43. The molecule has 0 radical (unpaired) electrons. The lowest BCUT2D eigenvalue weighted by molar-refractivity contribution is -0.130. The molecule has 3 heterocycles. The van der Waals surface area contributed by atoms with Crippen LogP contribution < -0.4 is 15.5 Å². The van der Waals surface area contributed by atoms with Crippen LogP contribution in [0.3, 0.4) is 0 Å². The van der Waals surface area contributed by atoms with Gasteiger partial charge in [-0.1, -0.05) is 40.5 Å². The summed E-state index contributed by atoms with van der Waals surface area (Å²) in [7, 11) is 0. The topological polar surface area (TPSA) is 78.5 Å². The zero-order valence-electron chi connectivity index (χ0n) is 17.9. The summed E-state index contributed by atoms with van der Waals surface area (Å²) in [6, 6.07) is 12.7. The summed E-state index contributed by atoms with van der Waals surface area (Å²) in [6.07, 6.45) is 0.707. The Hall–Kier alpha value is -2.16. The van der Waals surface area contributed by atoms with E-state index in [9.17, 15) is 14.4 Å². The van der Waals surface area contributed by atoms with Crippen molar-refractivity contribution >= 4 is 56.8 Å². The maximum absolute atomic E-state index is 13.8. The summed E-state index contributed by atoms with van der Waals surface area (Å²) < 4.78 is 0.822. The monoisotopic (exact) mass is 513 g/mol. The van der Waals surface area contributed by atoms with Crippen LogP contribution in [0.4, 0.5) is 11.4 Å². The molecule has 1 spiro atoms. The van der Waals surface area contributed by atoms with Crippen molar-refractivity contribution < 1.29 is 14.4 Å². The second-order valence-corrected chi connectivity index (χ2v) is 10.8. The van der Waals surface area contributed by atoms with Gasteiger partial charge in [0.15, 0.2) is 0 Å². The van der Waals surface area contributed by atoms with Gasteiger partial charge in [0.05, 0.1) is 17.5 Å². The third kappa shape index (κ3) is 3.07. The molecular formula is C24H24BrN3O3S. The Kier molecular flexibility index (Phi) is 5.42. The van der Waals surface area contributed by atoms with E-state index in [4.69, 9.17) is 0 Å². The van der Waals surface area contributed by atoms with Gasteiger partial charge in [0.25, 0.3) is 0 Å². The maximum Gasteiger partial charge on any atom is 0.250 e. The van der Waals surface area contributed by atoms with Crippen LogP contribution in [-0.2, 0) is 19.9 Å². The van der Waals surface area contributed by atoms with Crippen molar-refractivity contribution in [1.29, 1.82) is 0 Å². The third-order valence-corrected chi connectivity index (χ3v) is 8.17. The smallest absolute Gasteiger partial charge is 0.250 e. The van der Waals surface area contributed by atoms with Crippen LogP contribution in [0.25, 0.3) is 0 Å². The number of amides is 3. The number of benzene rings is 2. The van der Waals surface area contributed by atoms with Crippen LogP contribution in [0.1, 0.15) is 24.5 Å². The maximum atomic E-state index is 13.8. The van der Waals surface area contributed by atoms with Crippen molar-refractivity contribution in [3.8, 4) is 0 Å². The molecule has 0 unspecified atom stereocenters. The predicted molar refractivity (Wildman–Crippen MR) is 130 cm³/mol. The number of carbonyl (C=O) groups excluding carboxylic acids is 3. The molecule has 0 aromatic heterocycles. The lowest BCUT2D eigenvalue weighted by Gasteiger charge is -2.29. The first-order valence-electron chi connectivity index (χ1n) is 10.8. The van der Waals surface area contributed by atoms with Gasteiger partial charge in [-0.3, -0.25) is 19.7 Å². The van der Waals surface area contributed by atoms with E-state index in [2.05, 4.69) is 33.5 Å². The van der Waals surface area contributed by atoms with Gasteiger partial charge in [0, 0.05) is 21.8 Å². The Bertz CT molecular complexity index is 1120. The van der Waals surface area contributed by atoms with Crippen LogP contribution in [0.15, 0.2) is 46.9 Å². The van der Waals surface area contributed by atoms with Crippen molar-refractivity contribution in [2.75, 3.05) is 21.7 Å². The lowest BCUT2D eigenvalue weighted by Crippen LogP contribution is -2.53. The van der Waals surface area contributed by atoms with Gasteiger partial charge in [0.1, 0.15) is 5.54 Å². The number of hydrogen-bond donors (Lipinski definition) is 2. The molecule has 2 saturated heterocycles. The second-order valence-electron chi connectivity index (χ2n) is 8.54. The molecular weight excluding hydrogens is 490 g/mol. The molecule has 3 aliphatic heterocycles. The molecule has 2 N–H and O–H groups in total. The standard InChI is InChI=1S/C24H24BrN3O3S/c1-3-32-11-10-18-19-20(22(30)28(21(19)29)15-7-4-13(2)5-8-15)24(27-18)16-12-14(25)6-9-17(16)26-23(24)31/h4-9,12,18-20,27H,3,10-11H2,1-2H3,(H,26,31)/t18-,19+,20-,24+/m0/s1. The molecule has 8 heteroatoms. The molecule has 5 rings (SSSR count). The van der Waals surface area contributed by atoms with Gasteiger partial charge in [-0.2, -0.15) is 11.8 Å². The highest BCUT2D eigenvalue weighted by Crippen LogP contribution is 2.54. The highest BCUT2D eigenvalue weighted by atomic mass is 79.9. The highest BCUT2D eigenvalue weighted by molar-refractivity contribution is 9.10. The van der Waals surface area contributed by atoms with Crippen molar-refractivity contribution in [3.63, 3.8) is 0 Å². The number of anilines is 2. The molecule has 6 nitrogen and oxygen atoms in total.